The summed E-state index contributed by atoms with van der Waals surface area (Å²) in [6.45, 7) is 1.88. The highest BCUT2D eigenvalue weighted by Gasteiger charge is 2.03. The van der Waals surface area contributed by atoms with Crippen LogP contribution in [0.25, 0.3) is 0 Å². The summed E-state index contributed by atoms with van der Waals surface area (Å²) in [6, 6.07) is 1.80. The van der Waals surface area contributed by atoms with Gasteiger partial charge in [0.1, 0.15) is 5.76 Å². The van der Waals surface area contributed by atoms with Gasteiger partial charge in [-0.15, -0.1) is 0 Å². The smallest absolute Gasteiger partial charge is 0.225 e. The summed E-state index contributed by atoms with van der Waals surface area (Å²) in [5, 5.41) is 0. The van der Waals surface area contributed by atoms with Gasteiger partial charge in [0, 0.05) is 0 Å². The van der Waals surface area contributed by atoms with E-state index >= 15 is 0 Å². The molecule has 0 spiro atoms. The summed E-state index contributed by atoms with van der Waals surface area (Å²) in [4.78, 5) is 10.4. The Balaban J connectivity index is 2.74. The average molecular weight is 139 g/mol. The van der Waals surface area contributed by atoms with Crippen molar-refractivity contribution in [2.24, 2.45) is 5.73 Å². The molecule has 0 unspecified atom stereocenters. The van der Waals surface area contributed by atoms with Gasteiger partial charge in [-0.05, 0) is 18.6 Å². The number of furan rings is 1. The van der Waals surface area contributed by atoms with Crippen molar-refractivity contribution in [3.05, 3.63) is 23.7 Å². The molecule has 54 valence electrons. The number of hydrogen-bond donors (Lipinski definition) is 1. The van der Waals surface area contributed by atoms with E-state index in [1.165, 1.54) is 0 Å². The van der Waals surface area contributed by atoms with Crippen molar-refractivity contribution in [2.75, 3.05) is 0 Å². The number of rotatable bonds is 2. The Morgan fingerprint density at radius 3 is 2.90 bits per heavy atom. The van der Waals surface area contributed by atoms with Gasteiger partial charge in [0.05, 0.1) is 12.7 Å². The first-order chi connectivity index (χ1) is 4.70. The van der Waals surface area contributed by atoms with Crippen LogP contribution in [0.3, 0.4) is 0 Å². The van der Waals surface area contributed by atoms with E-state index in [9.17, 15) is 4.79 Å². The fraction of sp³-hybridized carbons (Fsp3) is 0.286. The normalized spacial score (nSPS) is 9.70. The van der Waals surface area contributed by atoms with E-state index in [-0.39, 0.29) is 12.3 Å². The molecule has 1 aromatic rings. The lowest BCUT2D eigenvalue weighted by molar-refractivity contribution is -0.117. The number of amides is 1. The molecular weight excluding hydrogens is 130 g/mol. The summed E-state index contributed by atoms with van der Waals surface area (Å²) < 4.78 is 4.97. The summed E-state index contributed by atoms with van der Waals surface area (Å²) in [7, 11) is 0. The molecule has 0 saturated carbocycles. The van der Waals surface area contributed by atoms with Gasteiger partial charge >= 0.3 is 0 Å². The van der Waals surface area contributed by atoms with Gasteiger partial charge < -0.3 is 10.2 Å². The first kappa shape index (κ1) is 6.86. The molecule has 0 aliphatic heterocycles. The molecule has 0 saturated heterocycles. The largest absolute Gasteiger partial charge is 0.469 e. The van der Waals surface area contributed by atoms with Gasteiger partial charge in [-0.2, -0.15) is 0 Å². The zero-order valence-electron chi connectivity index (χ0n) is 5.76. The van der Waals surface area contributed by atoms with Crippen LogP contribution in [0.15, 0.2) is 16.7 Å². The first-order valence-corrected chi connectivity index (χ1v) is 3.01. The third-order valence-electron chi connectivity index (χ3n) is 1.30. The topological polar surface area (TPSA) is 56.2 Å². The minimum Gasteiger partial charge on any atom is -0.469 e. The zero-order valence-corrected chi connectivity index (χ0v) is 5.76. The predicted octanol–water partition coefficient (Wildman–Crippen LogP) is 0.616. The Hall–Kier alpha value is -1.25. The molecule has 0 atom stereocenters. The monoisotopic (exact) mass is 139 g/mol. The molecule has 3 nitrogen and oxygen atoms in total. The van der Waals surface area contributed by atoms with E-state index in [0.29, 0.717) is 5.76 Å². The van der Waals surface area contributed by atoms with Crippen LogP contribution in [0.1, 0.15) is 11.3 Å². The molecule has 1 heterocycles. The quantitative estimate of drug-likeness (QED) is 0.652. The third-order valence-corrected chi connectivity index (χ3v) is 1.30. The Labute approximate surface area is 58.8 Å². The molecule has 0 aliphatic carbocycles. The van der Waals surface area contributed by atoms with Crippen LogP contribution in [-0.4, -0.2) is 5.91 Å². The van der Waals surface area contributed by atoms with Gasteiger partial charge in [0.15, 0.2) is 0 Å². The molecule has 10 heavy (non-hydrogen) atoms. The molecule has 1 aromatic heterocycles. The molecule has 0 bridgehead atoms. The highest BCUT2D eigenvalue weighted by Crippen LogP contribution is 2.08. The summed E-state index contributed by atoms with van der Waals surface area (Å²) in [5.41, 5.74) is 5.92. The standard InChI is InChI=1S/C7H9NO2/c1-5-2-3-10-6(5)4-7(8)9/h2-3H,4H2,1H3,(H2,8,9). The third kappa shape index (κ3) is 1.37. The molecular formula is C7H9NO2. The highest BCUT2D eigenvalue weighted by molar-refractivity contribution is 5.76. The fourth-order valence-electron chi connectivity index (χ4n) is 0.743. The average Bonchev–Trinajstić information content (AvgIpc) is 2.15. The van der Waals surface area contributed by atoms with E-state index < -0.39 is 0 Å². The molecule has 1 amide bonds. The lowest BCUT2D eigenvalue weighted by Crippen LogP contribution is -2.13. The molecule has 2 N–H and O–H groups in total. The number of hydrogen-bond acceptors (Lipinski definition) is 2. The van der Waals surface area contributed by atoms with Crippen LogP contribution in [0.4, 0.5) is 0 Å². The number of carbonyl (C=O) groups is 1. The van der Waals surface area contributed by atoms with Crippen molar-refractivity contribution < 1.29 is 9.21 Å². The van der Waals surface area contributed by atoms with Crippen LogP contribution in [0.2, 0.25) is 0 Å². The number of aryl methyl sites for hydroxylation is 1. The Morgan fingerprint density at radius 1 is 1.80 bits per heavy atom. The molecule has 0 fully saturated rings. The van der Waals surface area contributed by atoms with Gasteiger partial charge in [0.25, 0.3) is 0 Å². The van der Waals surface area contributed by atoms with E-state index in [1.807, 2.05) is 6.92 Å². The molecule has 0 aliphatic rings. The highest BCUT2D eigenvalue weighted by atomic mass is 16.3. The van der Waals surface area contributed by atoms with Crippen LogP contribution in [0.5, 0.6) is 0 Å². The lowest BCUT2D eigenvalue weighted by Gasteiger charge is -1.91. The number of carbonyl (C=O) groups excluding carboxylic acids is 1. The second kappa shape index (κ2) is 2.56. The second-order valence-electron chi connectivity index (χ2n) is 2.17. The van der Waals surface area contributed by atoms with Crippen molar-refractivity contribution >= 4 is 5.91 Å². The zero-order chi connectivity index (χ0) is 7.56. The maximum Gasteiger partial charge on any atom is 0.225 e. The van der Waals surface area contributed by atoms with Gasteiger partial charge in [0.2, 0.25) is 5.91 Å². The van der Waals surface area contributed by atoms with Crippen LogP contribution in [0, 0.1) is 6.92 Å². The van der Waals surface area contributed by atoms with E-state index in [4.69, 9.17) is 10.2 Å². The minimum atomic E-state index is -0.363. The molecule has 0 radical (unpaired) electrons. The van der Waals surface area contributed by atoms with Gasteiger partial charge in [-0.1, -0.05) is 0 Å². The molecule has 3 heteroatoms. The van der Waals surface area contributed by atoms with Crippen molar-refractivity contribution in [3.63, 3.8) is 0 Å². The summed E-state index contributed by atoms with van der Waals surface area (Å²) in [5.74, 6) is 0.297. The molecule has 1 rings (SSSR count). The maximum atomic E-state index is 10.4. The van der Waals surface area contributed by atoms with Crippen molar-refractivity contribution in [1.29, 1.82) is 0 Å². The maximum absolute atomic E-state index is 10.4. The van der Waals surface area contributed by atoms with Crippen molar-refractivity contribution in [2.45, 2.75) is 13.3 Å². The number of nitrogens with two attached hydrogens (primary N) is 1. The first-order valence-electron chi connectivity index (χ1n) is 3.01. The Bertz CT molecular complexity index is 240. The SMILES string of the molecule is Cc1ccoc1CC(N)=O. The van der Waals surface area contributed by atoms with E-state index in [2.05, 4.69) is 0 Å². The fourth-order valence-corrected chi connectivity index (χ4v) is 0.743. The van der Waals surface area contributed by atoms with E-state index in [0.717, 1.165) is 5.56 Å². The molecule has 0 aromatic carbocycles. The van der Waals surface area contributed by atoms with Crippen molar-refractivity contribution in [1.82, 2.24) is 0 Å². The minimum absolute atomic E-state index is 0.193. The van der Waals surface area contributed by atoms with Gasteiger partial charge in [-0.25, -0.2) is 0 Å². The van der Waals surface area contributed by atoms with Crippen LogP contribution >= 0.6 is 0 Å². The lowest BCUT2D eigenvalue weighted by atomic mass is 10.2. The Kier molecular flexibility index (Phi) is 1.76. The number of primary amides is 1. The second-order valence-corrected chi connectivity index (χ2v) is 2.17. The van der Waals surface area contributed by atoms with Gasteiger partial charge in [-0.3, -0.25) is 4.79 Å². The van der Waals surface area contributed by atoms with E-state index in [1.54, 1.807) is 12.3 Å². The predicted molar refractivity (Wildman–Crippen MR) is 36.3 cm³/mol. The summed E-state index contributed by atoms with van der Waals surface area (Å²) >= 11 is 0. The van der Waals surface area contributed by atoms with Crippen LogP contribution in [-0.2, 0) is 11.2 Å². The Morgan fingerprint density at radius 2 is 2.50 bits per heavy atom. The summed E-state index contributed by atoms with van der Waals surface area (Å²) in [6.07, 6.45) is 1.74. The van der Waals surface area contributed by atoms with Crippen LogP contribution < -0.4 is 5.73 Å². The van der Waals surface area contributed by atoms with Crippen molar-refractivity contribution in [3.8, 4) is 0 Å².